The molecule has 0 aliphatic rings. The molecule has 0 saturated heterocycles. The number of hydrogen-bond donors (Lipinski definition) is 1. The third kappa shape index (κ3) is 8.25. The highest BCUT2D eigenvalue weighted by atomic mass is 19.4. The molecule has 0 unspecified atom stereocenters. The summed E-state index contributed by atoms with van der Waals surface area (Å²) in [5.74, 6) is 0.856. The molecular formula is C31H36F3N5O5. The second-order valence-electron chi connectivity index (χ2n) is 10.2. The summed E-state index contributed by atoms with van der Waals surface area (Å²) >= 11 is 0. The Kier molecular flexibility index (Phi) is 10.9. The molecule has 0 saturated carbocycles. The number of pyridine rings is 1. The number of alkyl halides is 3. The third-order valence-corrected chi connectivity index (χ3v) is 6.32. The van der Waals surface area contributed by atoms with Crippen molar-refractivity contribution in [3.8, 4) is 11.5 Å². The average molecular weight is 616 g/mol. The number of aromatic nitrogens is 3. The Bertz CT molecular complexity index is 1660. The van der Waals surface area contributed by atoms with Crippen molar-refractivity contribution in [3.63, 3.8) is 0 Å². The van der Waals surface area contributed by atoms with Gasteiger partial charge in [0.1, 0.15) is 17.3 Å². The number of aryl methyl sites for hydroxylation is 1. The summed E-state index contributed by atoms with van der Waals surface area (Å²) in [7, 11) is 4.49. The molecule has 3 rings (SSSR count). The fourth-order valence-corrected chi connectivity index (χ4v) is 4.28. The zero-order valence-corrected chi connectivity index (χ0v) is 25.9. The first-order chi connectivity index (χ1) is 20.7. The first-order valence-corrected chi connectivity index (χ1v) is 13.5. The van der Waals surface area contributed by atoms with Crippen molar-refractivity contribution in [2.24, 2.45) is 4.99 Å². The minimum Gasteiger partial charge on any atom is -0.497 e. The zero-order chi connectivity index (χ0) is 32.8. The van der Waals surface area contributed by atoms with Crippen LogP contribution in [-0.2, 0) is 17.5 Å². The summed E-state index contributed by atoms with van der Waals surface area (Å²) in [6, 6.07) is 7.43. The van der Waals surface area contributed by atoms with E-state index in [1.54, 1.807) is 45.0 Å². The standard InChI is InChI=1S/C31H36F3N5O5/c1-18(2)11-27(22-13-26(20(4)40)30(41)38(17-22)9-10-42-6)29(39-19(3)12-28(37-39)31(32,33)34)36-21(5)35-23-14-24(43-7)16-25(15-23)44-8/h11-17H,9-10H2,1-8H3,(H,35,36)/b29-27-. The van der Waals surface area contributed by atoms with Gasteiger partial charge in [0, 0.05) is 60.6 Å². The molecule has 13 heteroatoms. The van der Waals surface area contributed by atoms with E-state index in [4.69, 9.17) is 19.2 Å². The Labute approximate surface area is 253 Å². The normalized spacial score (nSPS) is 12.5. The number of carbonyl (C=O) groups is 1. The number of aliphatic imine (C=N–C) groups is 1. The van der Waals surface area contributed by atoms with Crippen LogP contribution < -0.4 is 20.3 Å². The number of anilines is 1. The van der Waals surface area contributed by atoms with Crippen LogP contribution in [0, 0.1) is 6.92 Å². The highest BCUT2D eigenvalue weighted by Crippen LogP contribution is 2.33. The summed E-state index contributed by atoms with van der Waals surface area (Å²) < 4.78 is 59.5. The van der Waals surface area contributed by atoms with Crippen LogP contribution in [0.4, 0.5) is 18.9 Å². The maximum absolute atomic E-state index is 13.8. The van der Waals surface area contributed by atoms with Crippen LogP contribution in [0.25, 0.3) is 11.4 Å². The molecule has 0 fully saturated rings. The third-order valence-electron chi connectivity index (χ3n) is 6.32. The Balaban J connectivity index is 2.41. The molecule has 236 valence electrons. The van der Waals surface area contributed by atoms with Crippen molar-refractivity contribution in [2.45, 2.75) is 47.3 Å². The minimum absolute atomic E-state index is 0.0190. The van der Waals surface area contributed by atoms with E-state index in [9.17, 15) is 22.8 Å². The summed E-state index contributed by atoms with van der Waals surface area (Å²) in [5.41, 5.74) is 0.463. The minimum atomic E-state index is -4.71. The highest BCUT2D eigenvalue weighted by molar-refractivity contribution is 6.01. The molecule has 3 aromatic rings. The van der Waals surface area contributed by atoms with E-state index in [-0.39, 0.29) is 36.1 Å². The number of hydrogen-bond acceptors (Lipinski definition) is 7. The van der Waals surface area contributed by atoms with Gasteiger partial charge in [-0.1, -0.05) is 11.6 Å². The number of nitrogens with zero attached hydrogens (tertiary/aromatic N) is 4. The molecular weight excluding hydrogens is 579 g/mol. The van der Waals surface area contributed by atoms with Crippen LogP contribution in [0.5, 0.6) is 11.5 Å². The van der Waals surface area contributed by atoms with Gasteiger partial charge in [0.2, 0.25) is 0 Å². The summed E-state index contributed by atoms with van der Waals surface area (Å²) in [6.45, 7) is 8.32. The number of amidine groups is 1. The van der Waals surface area contributed by atoms with Gasteiger partial charge in [-0.15, -0.1) is 0 Å². The van der Waals surface area contributed by atoms with Gasteiger partial charge in [0.05, 0.1) is 26.4 Å². The number of ether oxygens (including phenoxy) is 3. The number of allylic oxidation sites excluding steroid dienone is 3. The van der Waals surface area contributed by atoms with Crippen LogP contribution >= 0.6 is 0 Å². The number of methoxy groups -OCH3 is 3. The lowest BCUT2D eigenvalue weighted by Gasteiger charge is -2.17. The number of nitrogens with one attached hydrogen (secondary N) is 1. The van der Waals surface area contributed by atoms with Crippen molar-refractivity contribution in [3.05, 3.63) is 81.0 Å². The molecule has 1 N–H and O–H groups in total. The van der Waals surface area contributed by atoms with Gasteiger partial charge in [-0.3, -0.25) is 9.59 Å². The molecule has 0 bridgehead atoms. The largest absolute Gasteiger partial charge is 0.497 e. The number of benzene rings is 1. The second-order valence-corrected chi connectivity index (χ2v) is 10.2. The Morgan fingerprint density at radius 3 is 2.16 bits per heavy atom. The van der Waals surface area contributed by atoms with Gasteiger partial charge in [0.25, 0.3) is 5.56 Å². The topological polar surface area (TPSA) is 109 Å². The lowest BCUT2D eigenvalue weighted by molar-refractivity contribution is -0.141. The average Bonchev–Trinajstić information content (AvgIpc) is 3.35. The van der Waals surface area contributed by atoms with Gasteiger partial charge in [-0.05, 0) is 46.8 Å². The predicted octanol–water partition coefficient (Wildman–Crippen LogP) is 6.06. The number of rotatable bonds is 11. The van der Waals surface area contributed by atoms with E-state index in [1.165, 1.54) is 52.0 Å². The number of halogens is 3. The molecule has 44 heavy (non-hydrogen) atoms. The lowest BCUT2D eigenvalue weighted by atomic mass is 10.0. The SMILES string of the molecule is COCCn1cc(/C(C=C(C)C)=C(/N=C(\C)Nc2cc(OC)cc(OC)c2)n2nc(C(F)(F)F)cc2C)cc(C(C)=O)c1=O. The Morgan fingerprint density at radius 1 is 1.02 bits per heavy atom. The van der Waals surface area contributed by atoms with Crippen LogP contribution in [0.3, 0.4) is 0 Å². The Hall–Kier alpha value is -4.65. The van der Waals surface area contributed by atoms with Crippen molar-refractivity contribution in [1.82, 2.24) is 14.3 Å². The van der Waals surface area contributed by atoms with Crippen LogP contribution in [0.15, 0.2) is 58.0 Å². The first kappa shape index (κ1) is 33.8. The van der Waals surface area contributed by atoms with E-state index in [0.717, 1.165) is 16.3 Å². The molecule has 2 aromatic heterocycles. The van der Waals surface area contributed by atoms with E-state index < -0.39 is 23.2 Å². The van der Waals surface area contributed by atoms with Crippen molar-refractivity contribution in [2.75, 3.05) is 33.3 Å². The highest BCUT2D eigenvalue weighted by Gasteiger charge is 2.35. The molecule has 1 aromatic carbocycles. The quantitative estimate of drug-likeness (QED) is 0.121. The number of Topliss-reactive ketones (excluding diaryl/α,β-unsaturated/α-hetero) is 1. The summed E-state index contributed by atoms with van der Waals surface area (Å²) in [4.78, 5) is 30.3. The molecule has 0 spiro atoms. The van der Waals surface area contributed by atoms with E-state index in [0.29, 0.717) is 28.3 Å². The fraction of sp³-hybridized carbons (Fsp3) is 0.355. The van der Waals surface area contributed by atoms with Crippen LogP contribution in [0.1, 0.15) is 55.0 Å². The van der Waals surface area contributed by atoms with Gasteiger partial charge in [-0.2, -0.15) is 18.3 Å². The second kappa shape index (κ2) is 14.2. The first-order valence-electron chi connectivity index (χ1n) is 13.5. The maximum atomic E-state index is 13.8. The lowest BCUT2D eigenvalue weighted by Crippen LogP contribution is -2.27. The van der Waals surface area contributed by atoms with E-state index in [1.807, 2.05) is 0 Å². The van der Waals surface area contributed by atoms with Gasteiger partial charge in [0.15, 0.2) is 17.3 Å². The summed E-state index contributed by atoms with van der Waals surface area (Å²) in [5, 5.41) is 7.00. The molecule has 0 atom stereocenters. The number of ketones is 1. The molecule has 0 aliphatic heterocycles. The fourth-order valence-electron chi connectivity index (χ4n) is 4.28. The smallest absolute Gasteiger partial charge is 0.435 e. The van der Waals surface area contributed by atoms with Crippen LogP contribution in [-0.4, -0.2) is 53.9 Å². The van der Waals surface area contributed by atoms with Gasteiger partial charge >= 0.3 is 6.18 Å². The maximum Gasteiger partial charge on any atom is 0.435 e. The van der Waals surface area contributed by atoms with Gasteiger partial charge < -0.3 is 24.1 Å². The molecule has 0 amide bonds. The predicted molar refractivity (Wildman–Crippen MR) is 163 cm³/mol. The van der Waals surface area contributed by atoms with E-state index in [2.05, 4.69) is 10.4 Å². The van der Waals surface area contributed by atoms with E-state index >= 15 is 0 Å². The van der Waals surface area contributed by atoms with Crippen molar-refractivity contribution < 1.29 is 32.2 Å². The summed E-state index contributed by atoms with van der Waals surface area (Å²) in [6.07, 6.45) is -1.47. The zero-order valence-electron chi connectivity index (χ0n) is 25.9. The van der Waals surface area contributed by atoms with Crippen molar-refractivity contribution >= 4 is 28.7 Å². The van der Waals surface area contributed by atoms with Crippen molar-refractivity contribution in [1.29, 1.82) is 0 Å². The molecule has 2 heterocycles. The van der Waals surface area contributed by atoms with Crippen LogP contribution in [0.2, 0.25) is 0 Å². The molecule has 0 radical (unpaired) electrons. The number of carbonyl (C=O) groups excluding carboxylic acids is 1. The molecule has 0 aliphatic carbocycles. The molecule has 10 nitrogen and oxygen atoms in total. The Morgan fingerprint density at radius 2 is 1.66 bits per heavy atom. The monoisotopic (exact) mass is 615 g/mol. The van der Waals surface area contributed by atoms with Gasteiger partial charge in [-0.25, -0.2) is 9.67 Å².